The number of benzene rings is 2. The Morgan fingerprint density at radius 2 is 1.92 bits per heavy atom. The highest BCUT2D eigenvalue weighted by molar-refractivity contribution is 5.91. The summed E-state index contributed by atoms with van der Waals surface area (Å²) in [6.07, 6.45) is 1.52. The van der Waals surface area contributed by atoms with E-state index in [2.05, 4.69) is 28.4 Å². The van der Waals surface area contributed by atoms with Gasteiger partial charge in [0, 0.05) is 37.0 Å². The second-order valence-corrected chi connectivity index (χ2v) is 6.02. The minimum absolute atomic E-state index is 0.0102. The highest BCUT2D eigenvalue weighted by Crippen LogP contribution is 2.32. The van der Waals surface area contributed by atoms with Crippen LogP contribution in [0.4, 0.5) is 11.4 Å². The predicted molar refractivity (Wildman–Crippen MR) is 93.0 cm³/mol. The van der Waals surface area contributed by atoms with Gasteiger partial charge in [0.05, 0.1) is 0 Å². The molecule has 0 saturated carbocycles. The fourth-order valence-electron chi connectivity index (χ4n) is 3.22. The molecule has 0 atom stereocenters. The van der Waals surface area contributed by atoms with Gasteiger partial charge in [0.1, 0.15) is 13.2 Å². The first kappa shape index (κ1) is 14.9. The zero-order valence-corrected chi connectivity index (χ0v) is 13.5. The minimum Gasteiger partial charge on any atom is -0.486 e. The molecule has 2 aliphatic heterocycles. The van der Waals surface area contributed by atoms with Gasteiger partial charge in [-0.15, -0.1) is 0 Å². The number of fused-ring (bicyclic) bond motifs is 2. The van der Waals surface area contributed by atoms with Crippen molar-refractivity contribution in [1.29, 1.82) is 0 Å². The van der Waals surface area contributed by atoms with Crippen LogP contribution in [-0.2, 0) is 11.2 Å². The predicted octanol–water partition coefficient (Wildman–Crippen LogP) is 2.85. The molecule has 2 heterocycles. The van der Waals surface area contributed by atoms with E-state index in [1.165, 1.54) is 11.3 Å². The van der Waals surface area contributed by atoms with Gasteiger partial charge in [0.25, 0.3) is 0 Å². The Bertz CT molecular complexity index is 760. The van der Waals surface area contributed by atoms with Crippen molar-refractivity contribution in [2.75, 3.05) is 36.5 Å². The fourth-order valence-corrected chi connectivity index (χ4v) is 3.22. The van der Waals surface area contributed by atoms with Crippen LogP contribution in [0, 0.1) is 0 Å². The summed E-state index contributed by atoms with van der Waals surface area (Å²) < 4.78 is 11.0. The van der Waals surface area contributed by atoms with Crippen LogP contribution in [0.3, 0.4) is 0 Å². The number of nitrogens with one attached hydrogen (secondary N) is 1. The topological polar surface area (TPSA) is 50.8 Å². The van der Waals surface area contributed by atoms with Crippen molar-refractivity contribution in [3.63, 3.8) is 0 Å². The first-order valence-corrected chi connectivity index (χ1v) is 8.32. The summed E-state index contributed by atoms with van der Waals surface area (Å²) >= 11 is 0. The maximum Gasteiger partial charge on any atom is 0.226 e. The number of carbonyl (C=O) groups is 1. The third-order valence-electron chi connectivity index (χ3n) is 4.42. The van der Waals surface area contributed by atoms with E-state index in [1.807, 2.05) is 24.3 Å². The number of anilines is 2. The summed E-state index contributed by atoms with van der Waals surface area (Å²) in [4.78, 5) is 14.5. The minimum atomic E-state index is 0.0102. The van der Waals surface area contributed by atoms with E-state index in [4.69, 9.17) is 9.47 Å². The summed E-state index contributed by atoms with van der Waals surface area (Å²) in [7, 11) is 0. The summed E-state index contributed by atoms with van der Waals surface area (Å²) in [6, 6.07) is 13.9. The second-order valence-electron chi connectivity index (χ2n) is 6.02. The number of rotatable bonds is 4. The number of ether oxygens (including phenoxy) is 2. The van der Waals surface area contributed by atoms with Crippen molar-refractivity contribution in [2.45, 2.75) is 12.8 Å². The van der Waals surface area contributed by atoms with Crippen molar-refractivity contribution < 1.29 is 14.3 Å². The normalized spacial score (nSPS) is 15.1. The Labute approximate surface area is 141 Å². The van der Waals surface area contributed by atoms with Crippen LogP contribution in [0.1, 0.15) is 12.0 Å². The van der Waals surface area contributed by atoms with E-state index in [9.17, 15) is 4.79 Å². The van der Waals surface area contributed by atoms with Gasteiger partial charge in [0.2, 0.25) is 5.91 Å². The zero-order chi connectivity index (χ0) is 16.4. The van der Waals surface area contributed by atoms with Crippen molar-refractivity contribution in [2.24, 2.45) is 0 Å². The van der Waals surface area contributed by atoms with Crippen LogP contribution in [0.5, 0.6) is 11.5 Å². The third kappa shape index (κ3) is 3.02. The number of nitrogens with zero attached hydrogens (tertiary/aromatic N) is 1. The molecule has 2 aromatic rings. The molecule has 5 nitrogen and oxygen atoms in total. The van der Waals surface area contributed by atoms with Gasteiger partial charge >= 0.3 is 0 Å². The Kier molecular flexibility index (Phi) is 3.99. The molecule has 0 aromatic heterocycles. The molecule has 24 heavy (non-hydrogen) atoms. The largest absolute Gasteiger partial charge is 0.486 e. The van der Waals surface area contributed by atoms with E-state index in [-0.39, 0.29) is 5.91 Å². The standard InChI is InChI=1S/C19H20N2O3/c22-19(8-10-21-9-7-14-3-1-2-4-16(14)21)20-15-5-6-17-18(13-15)24-12-11-23-17/h1-6,13H,7-12H2,(H,20,22). The van der Waals surface area contributed by atoms with E-state index in [0.29, 0.717) is 25.4 Å². The van der Waals surface area contributed by atoms with Crippen LogP contribution in [0.2, 0.25) is 0 Å². The van der Waals surface area contributed by atoms with Crippen LogP contribution >= 0.6 is 0 Å². The van der Waals surface area contributed by atoms with Gasteiger partial charge in [-0.1, -0.05) is 18.2 Å². The van der Waals surface area contributed by atoms with Crippen LogP contribution in [-0.4, -0.2) is 32.2 Å². The van der Waals surface area contributed by atoms with Gasteiger partial charge in [-0.05, 0) is 30.2 Å². The van der Waals surface area contributed by atoms with Gasteiger partial charge < -0.3 is 19.7 Å². The molecule has 2 aromatic carbocycles. The van der Waals surface area contributed by atoms with Gasteiger partial charge in [-0.3, -0.25) is 4.79 Å². The number of hydrogen-bond acceptors (Lipinski definition) is 4. The monoisotopic (exact) mass is 324 g/mol. The molecule has 0 bridgehead atoms. The van der Waals surface area contributed by atoms with Crippen LogP contribution in [0.15, 0.2) is 42.5 Å². The molecule has 1 amide bonds. The Balaban J connectivity index is 1.34. The van der Waals surface area contributed by atoms with Gasteiger partial charge in [0.15, 0.2) is 11.5 Å². The number of para-hydroxylation sites is 1. The van der Waals surface area contributed by atoms with Crippen molar-refractivity contribution in [1.82, 2.24) is 0 Å². The van der Waals surface area contributed by atoms with Crippen molar-refractivity contribution >= 4 is 17.3 Å². The maximum absolute atomic E-state index is 12.2. The smallest absolute Gasteiger partial charge is 0.226 e. The summed E-state index contributed by atoms with van der Waals surface area (Å²) in [5, 5.41) is 2.94. The Morgan fingerprint density at radius 1 is 1.08 bits per heavy atom. The van der Waals surface area contributed by atoms with Gasteiger partial charge in [-0.2, -0.15) is 0 Å². The summed E-state index contributed by atoms with van der Waals surface area (Å²) in [5.74, 6) is 1.43. The molecule has 2 aliphatic rings. The SMILES string of the molecule is O=C(CCN1CCc2ccccc21)Nc1ccc2c(c1)OCCO2. The summed E-state index contributed by atoms with van der Waals surface area (Å²) in [6.45, 7) is 2.82. The van der Waals surface area contributed by atoms with E-state index in [1.54, 1.807) is 0 Å². The second kappa shape index (κ2) is 6.43. The molecular weight excluding hydrogens is 304 g/mol. The number of hydrogen-bond donors (Lipinski definition) is 1. The highest BCUT2D eigenvalue weighted by atomic mass is 16.6. The molecule has 0 unspecified atom stereocenters. The zero-order valence-electron chi connectivity index (χ0n) is 13.5. The summed E-state index contributed by atoms with van der Waals surface area (Å²) in [5.41, 5.74) is 3.36. The molecule has 0 aliphatic carbocycles. The fraction of sp³-hybridized carbons (Fsp3) is 0.316. The number of carbonyl (C=O) groups excluding carboxylic acids is 1. The molecular formula is C19H20N2O3. The lowest BCUT2D eigenvalue weighted by molar-refractivity contribution is -0.116. The van der Waals surface area contributed by atoms with E-state index >= 15 is 0 Å². The molecule has 124 valence electrons. The molecule has 0 fully saturated rings. The first-order chi connectivity index (χ1) is 11.8. The van der Waals surface area contributed by atoms with Crippen LogP contribution < -0.4 is 19.7 Å². The highest BCUT2D eigenvalue weighted by Gasteiger charge is 2.19. The number of amides is 1. The van der Waals surface area contributed by atoms with Gasteiger partial charge in [-0.25, -0.2) is 0 Å². The molecule has 0 spiro atoms. The average Bonchev–Trinajstić information content (AvgIpc) is 3.03. The molecule has 1 N–H and O–H groups in total. The quantitative estimate of drug-likeness (QED) is 0.939. The van der Waals surface area contributed by atoms with Crippen molar-refractivity contribution in [3.8, 4) is 11.5 Å². The van der Waals surface area contributed by atoms with E-state index in [0.717, 1.165) is 30.9 Å². The molecule has 5 heteroatoms. The lowest BCUT2D eigenvalue weighted by Gasteiger charge is -2.20. The van der Waals surface area contributed by atoms with E-state index < -0.39 is 0 Å². The molecule has 4 rings (SSSR count). The lowest BCUT2D eigenvalue weighted by atomic mass is 10.2. The maximum atomic E-state index is 12.2. The Morgan fingerprint density at radius 3 is 2.83 bits per heavy atom. The lowest BCUT2D eigenvalue weighted by Crippen LogP contribution is -2.26. The third-order valence-corrected chi connectivity index (χ3v) is 4.42. The Hall–Kier alpha value is -2.69. The van der Waals surface area contributed by atoms with Crippen molar-refractivity contribution in [3.05, 3.63) is 48.0 Å². The average molecular weight is 324 g/mol. The molecule has 0 radical (unpaired) electrons. The molecule has 0 saturated heterocycles. The first-order valence-electron chi connectivity index (χ1n) is 8.32. The van der Waals surface area contributed by atoms with Crippen LogP contribution in [0.25, 0.3) is 0 Å².